The summed E-state index contributed by atoms with van der Waals surface area (Å²) in [7, 11) is 0. The summed E-state index contributed by atoms with van der Waals surface area (Å²) in [6.07, 6.45) is 0.295. The van der Waals surface area contributed by atoms with Gasteiger partial charge in [0, 0.05) is 69.8 Å². The lowest BCUT2D eigenvalue weighted by Gasteiger charge is -2.29. The number of nitrogens with zero attached hydrogens (tertiary/aromatic N) is 6. The van der Waals surface area contributed by atoms with Crippen LogP contribution >= 0.6 is 0 Å². The Hall–Kier alpha value is -5.45. The first-order chi connectivity index (χ1) is 21.2. The maximum Gasteiger partial charge on any atom is 0.412 e. The van der Waals surface area contributed by atoms with Gasteiger partial charge in [0.05, 0.1) is 24.5 Å². The normalized spacial score (nSPS) is 15.3. The molecule has 0 spiro atoms. The fraction of sp³-hybridized carbons (Fsp3) is 0.242. The molecule has 2 aliphatic rings. The van der Waals surface area contributed by atoms with Crippen LogP contribution in [-0.2, 0) is 17.9 Å². The molecule has 2 aliphatic heterocycles. The second-order valence-electron chi connectivity index (χ2n) is 10.6. The van der Waals surface area contributed by atoms with Gasteiger partial charge in [0.2, 0.25) is 5.78 Å². The molecule has 0 atom stereocenters. The van der Waals surface area contributed by atoms with E-state index in [-0.39, 0.29) is 35.9 Å². The maximum absolute atomic E-state index is 14.7. The molecule has 6 rings (SSSR count). The lowest BCUT2D eigenvalue weighted by molar-refractivity contribution is -0.112. The van der Waals surface area contributed by atoms with E-state index in [4.69, 9.17) is 0 Å². The number of ketones is 1. The molecule has 2 N–H and O–H groups in total. The van der Waals surface area contributed by atoms with Crippen molar-refractivity contribution >= 4 is 63.6 Å². The van der Waals surface area contributed by atoms with Crippen LogP contribution in [0.2, 0.25) is 0 Å². The highest BCUT2D eigenvalue weighted by molar-refractivity contribution is 6.21. The molecule has 11 heteroatoms. The maximum atomic E-state index is 14.7. The van der Waals surface area contributed by atoms with Gasteiger partial charge < -0.3 is 19.3 Å². The van der Waals surface area contributed by atoms with Gasteiger partial charge in [-0.15, -0.1) is 0 Å². The Morgan fingerprint density at radius 1 is 0.682 bits per heavy atom. The monoisotopic (exact) mass is 592 g/mol. The van der Waals surface area contributed by atoms with Gasteiger partial charge in [-0.3, -0.25) is 24.6 Å². The van der Waals surface area contributed by atoms with Crippen molar-refractivity contribution in [2.75, 3.05) is 13.1 Å². The first kappa shape index (κ1) is 28.7. The quantitative estimate of drug-likeness (QED) is 0.284. The standard InChI is InChI=1S/C33H32N6O5/c1-5-36-19(3)25(21-11-7-9-13-23(21)36)29-27(34-15-17-38(29)32(41)42)31(40)28-30(39(33(43)44)18-16-35-28)26-20(4)37(6-2)24-14-10-8-12-22(24)26/h7-16H,5-6,17-18H2,1-4H3,(H,41,42)(H,43,44). The van der Waals surface area contributed by atoms with Crippen LogP contribution in [0.25, 0.3) is 33.2 Å². The minimum atomic E-state index is -1.24. The SMILES string of the molecule is CCn1c(C)c(C2=C(C(=O)C3=C(c4c(C)n(CC)c5ccccc45)N(C(=O)O)CC=N3)N=CCN2C(=O)O)c2ccccc21. The van der Waals surface area contributed by atoms with Crippen LogP contribution in [0.5, 0.6) is 0 Å². The molecule has 11 nitrogen and oxygen atoms in total. The molecule has 4 heterocycles. The van der Waals surface area contributed by atoms with Gasteiger partial charge in [0.15, 0.2) is 0 Å². The van der Waals surface area contributed by atoms with Crippen LogP contribution in [-0.4, -0.2) is 72.6 Å². The number of aryl methyl sites for hydroxylation is 2. The fourth-order valence-corrected chi connectivity index (χ4v) is 6.56. The summed E-state index contributed by atoms with van der Waals surface area (Å²) in [5.41, 5.74) is 4.60. The third-order valence-corrected chi connectivity index (χ3v) is 8.42. The number of rotatable bonds is 6. The fourth-order valence-electron chi connectivity index (χ4n) is 6.56. The van der Waals surface area contributed by atoms with Crippen molar-refractivity contribution < 1.29 is 24.6 Å². The molecular weight excluding hydrogens is 560 g/mol. The Labute approximate surface area is 253 Å². The summed E-state index contributed by atoms with van der Waals surface area (Å²) in [4.78, 5) is 51.2. The van der Waals surface area contributed by atoms with Crippen molar-refractivity contribution in [1.82, 2.24) is 18.9 Å². The smallest absolute Gasteiger partial charge is 0.412 e. The van der Waals surface area contributed by atoms with E-state index < -0.39 is 18.0 Å². The predicted molar refractivity (Wildman–Crippen MR) is 170 cm³/mol. The molecule has 2 aromatic heterocycles. The van der Waals surface area contributed by atoms with E-state index in [1.165, 1.54) is 12.4 Å². The number of benzene rings is 2. The zero-order chi connectivity index (χ0) is 31.3. The third-order valence-electron chi connectivity index (χ3n) is 8.42. The topological polar surface area (TPSA) is 133 Å². The summed E-state index contributed by atoms with van der Waals surface area (Å²) < 4.78 is 4.13. The molecule has 0 fully saturated rings. The lowest BCUT2D eigenvalue weighted by Crippen LogP contribution is -2.36. The van der Waals surface area contributed by atoms with E-state index in [0.717, 1.165) is 43.0 Å². The third kappa shape index (κ3) is 4.23. The Balaban J connectivity index is 1.70. The molecule has 0 bridgehead atoms. The van der Waals surface area contributed by atoms with Gasteiger partial charge >= 0.3 is 12.2 Å². The first-order valence-corrected chi connectivity index (χ1v) is 14.5. The number of aliphatic imine (C=N–C) groups is 2. The van der Waals surface area contributed by atoms with Gasteiger partial charge in [-0.05, 0) is 39.8 Å². The first-order valence-electron chi connectivity index (χ1n) is 14.5. The largest absolute Gasteiger partial charge is 0.465 e. The summed E-state index contributed by atoms with van der Waals surface area (Å²) in [5, 5.41) is 22.2. The highest BCUT2D eigenvalue weighted by atomic mass is 16.4. The van der Waals surface area contributed by atoms with Crippen molar-refractivity contribution in [3.05, 3.63) is 82.4 Å². The highest BCUT2D eigenvalue weighted by Gasteiger charge is 2.37. The van der Waals surface area contributed by atoms with Crippen molar-refractivity contribution in [3.8, 4) is 0 Å². The number of Topliss-reactive ketones (excluding diaryl/α,β-unsaturated/α-hetero) is 1. The van der Waals surface area contributed by atoms with Crippen LogP contribution in [0.1, 0.15) is 36.4 Å². The van der Waals surface area contributed by atoms with Gasteiger partial charge in [0.25, 0.3) is 0 Å². The van der Waals surface area contributed by atoms with Crippen molar-refractivity contribution in [3.63, 3.8) is 0 Å². The second kappa shape index (κ2) is 11.0. The Morgan fingerprint density at radius 3 is 1.43 bits per heavy atom. The van der Waals surface area contributed by atoms with Gasteiger partial charge in [-0.2, -0.15) is 0 Å². The van der Waals surface area contributed by atoms with Crippen LogP contribution in [0.4, 0.5) is 9.59 Å². The molecule has 2 aromatic carbocycles. The molecule has 0 unspecified atom stereocenters. The van der Waals surface area contributed by atoms with E-state index in [2.05, 4.69) is 19.1 Å². The van der Waals surface area contributed by atoms with Gasteiger partial charge in [-0.1, -0.05) is 36.4 Å². The van der Waals surface area contributed by atoms with Crippen LogP contribution in [0.3, 0.4) is 0 Å². The molecule has 224 valence electrons. The average molecular weight is 593 g/mol. The Morgan fingerprint density at radius 2 is 1.07 bits per heavy atom. The predicted octanol–water partition coefficient (Wildman–Crippen LogP) is 5.99. The van der Waals surface area contributed by atoms with Crippen LogP contribution < -0.4 is 0 Å². The van der Waals surface area contributed by atoms with Crippen molar-refractivity contribution in [2.45, 2.75) is 40.8 Å². The molecule has 0 radical (unpaired) electrons. The molecular formula is C33H32N6O5. The number of fused-ring (bicyclic) bond motifs is 2. The van der Waals surface area contributed by atoms with Crippen molar-refractivity contribution in [2.24, 2.45) is 9.98 Å². The number of amides is 2. The summed E-state index contributed by atoms with van der Waals surface area (Å²) in [5.74, 6) is -0.667. The summed E-state index contributed by atoms with van der Waals surface area (Å²) in [6, 6.07) is 15.3. The van der Waals surface area contributed by atoms with Crippen molar-refractivity contribution in [1.29, 1.82) is 0 Å². The number of carboxylic acid groups (broad SMARTS) is 2. The highest BCUT2D eigenvalue weighted by Crippen LogP contribution is 2.41. The number of carbonyl (C=O) groups is 3. The average Bonchev–Trinajstić information content (AvgIpc) is 3.48. The van der Waals surface area contributed by atoms with Gasteiger partial charge in [0.1, 0.15) is 11.4 Å². The zero-order valence-corrected chi connectivity index (χ0v) is 24.9. The number of para-hydroxylation sites is 2. The summed E-state index contributed by atoms with van der Waals surface area (Å²) in [6.45, 7) is 8.95. The number of hydrogen-bond donors (Lipinski definition) is 2. The summed E-state index contributed by atoms with van der Waals surface area (Å²) >= 11 is 0. The molecule has 4 aromatic rings. The lowest BCUT2D eigenvalue weighted by atomic mass is 9.98. The number of hydrogen-bond acceptors (Lipinski definition) is 5. The van der Waals surface area contributed by atoms with Crippen LogP contribution in [0, 0.1) is 13.8 Å². The minimum absolute atomic E-state index is 0.0496. The number of carbonyl (C=O) groups excluding carboxylic acids is 1. The second-order valence-corrected chi connectivity index (χ2v) is 10.6. The van der Waals surface area contributed by atoms with Crippen LogP contribution in [0.15, 0.2) is 69.9 Å². The van der Waals surface area contributed by atoms with E-state index in [9.17, 15) is 24.6 Å². The van der Waals surface area contributed by atoms with E-state index in [0.29, 0.717) is 24.2 Å². The molecule has 0 aliphatic carbocycles. The Bertz CT molecular complexity index is 1870. The van der Waals surface area contributed by atoms with Gasteiger partial charge in [-0.25, -0.2) is 9.59 Å². The molecule has 2 amide bonds. The minimum Gasteiger partial charge on any atom is -0.465 e. The van der Waals surface area contributed by atoms with E-state index in [1.54, 1.807) is 0 Å². The molecule has 0 saturated heterocycles. The molecule has 44 heavy (non-hydrogen) atoms. The number of aromatic nitrogens is 2. The zero-order valence-electron chi connectivity index (χ0n) is 24.9. The van der Waals surface area contributed by atoms with E-state index >= 15 is 0 Å². The van der Waals surface area contributed by atoms with E-state index in [1.807, 2.05) is 76.2 Å². The Kier molecular flexibility index (Phi) is 7.16. The molecule has 0 saturated carbocycles.